The number of hydrogen-bond acceptors (Lipinski definition) is 3. The number of unbranched alkanes of at least 4 members (excludes halogenated alkanes) is 1. The zero-order valence-electron chi connectivity index (χ0n) is 13.1. The van der Waals surface area contributed by atoms with Crippen LogP contribution in [0.4, 0.5) is 0 Å². The van der Waals surface area contributed by atoms with Crippen molar-refractivity contribution in [2.75, 3.05) is 19.8 Å². The van der Waals surface area contributed by atoms with E-state index in [0.29, 0.717) is 0 Å². The molecule has 1 rings (SSSR count). The van der Waals surface area contributed by atoms with Gasteiger partial charge in [0.2, 0.25) is 0 Å². The molecule has 21 heavy (non-hydrogen) atoms. The molecule has 0 aliphatic carbocycles. The van der Waals surface area contributed by atoms with Gasteiger partial charge in [-0.15, -0.1) is 0 Å². The van der Waals surface area contributed by atoms with Gasteiger partial charge in [0.1, 0.15) is 0 Å². The fraction of sp³-hybridized carbons (Fsp3) is 0.588. The van der Waals surface area contributed by atoms with Crippen molar-refractivity contribution in [3.63, 3.8) is 0 Å². The minimum Gasteiger partial charge on any atom is -0.481 e. The molecule has 0 spiro atoms. The average molecular weight is 293 g/mol. The first-order valence-electron chi connectivity index (χ1n) is 7.75. The molecular weight excluding hydrogens is 266 g/mol. The van der Waals surface area contributed by atoms with Crippen molar-refractivity contribution in [3.8, 4) is 0 Å². The number of nitrogens with one attached hydrogen (secondary N) is 1. The van der Waals surface area contributed by atoms with Crippen molar-refractivity contribution >= 4 is 5.97 Å². The molecule has 1 unspecified atom stereocenters. The van der Waals surface area contributed by atoms with Crippen LogP contribution in [0, 0.1) is 0 Å². The molecule has 0 aromatic heterocycles. The van der Waals surface area contributed by atoms with E-state index in [1.807, 2.05) is 24.3 Å². The molecule has 1 aromatic rings. The third-order valence-electron chi connectivity index (χ3n) is 3.46. The van der Waals surface area contributed by atoms with Crippen molar-refractivity contribution in [2.24, 2.45) is 0 Å². The van der Waals surface area contributed by atoms with E-state index in [1.165, 1.54) is 12.0 Å². The molecule has 2 N–H and O–H groups in total. The number of benzene rings is 1. The summed E-state index contributed by atoms with van der Waals surface area (Å²) >= 11 is 0. The van der Waals surface area contributed by atoms with Crippen LogP contribution in [-0.4, -0.2) is 30.8 Å². The Morgan fingerprint density at radius 2 is 1.90 bits per heavy atom. The quantitative estimate of drug-likeness (QED) is 0.615. The van der Waals surface area contributed by atoms with Crippen molar-refractivity contribution < 1.29 is 14.6 Å². The summed E-state index contributed by atoms with van der Waals surface area (Å²) in [5, 5.41) is 12.3. The van der Waals surface area contributed by atoms with Gasteiger partial charge in [-0.05, 0) is 37.4 Å². The smallest absolute Gasteiger partial charge is 0.310 e. The normalized spacial score (nSPS) is 12.3. The zero-order chi connectivity index (χ0) is 15.5. The van der Waals surface area contributed by atoms with Crippen LogP contribution in [0.2, 0.25) is 0 Å². The summed E-state index contributed by atoms with van der Waals surface area (Å²) < 4.78 is 5.50. The summed E-state index contributed by atoms with van der Waals surface area (Å²) in [5.74, 6) is -1.24. The Balaban J connectivity index is 2.17. The Labute approximate surface area is 127 Å². The van der Waals surface area contributed by atoms with Gasteiger partial charge in [-0.1, -0.05) is 37.6 Å². The van der Waals surface area contributed by atoms with Crippen molar-refractivity contribution in [1.29, 1.82) is 0 Å². The molecule has 0 bridgehead atoms. The summed E-state index contributed by atoms with van der Waals surface area (Å²) in [6.07, 6.45) is 3.32. The van der Waals surface area contributed by atoms with E-state index in [0.717, 1.165) is 44.7 Å². The Bertz CT molecular complexity index is 403. The first kappa shape index (κ1) is 17.7. The minimum atomic E-state index is -0.788. The van der Waals surface area contributed by atoms with E-state index < -0.39 is 11.9 Å². The SMILES string of the molecule is CCCCOCCCNCc1ccc(C(C)C(=O)O)cc1. The van der Waals surface area contributed by atoms with E-state index >= 15 is 0 Å². The predicted molar refractivity (Wildman–Crippen MR) is 84.5 cm³/mol. The molecule has 0 saturated heterocycles. The van der Waals surface area contributed by atoms with Gasteiger partial charge in [-0.2, -0.15) is 0 Å². The van der Waals surface area contributed by atoms with E-state index in [4.69, 9.17) is 9.84 Å². The molecule has 4 heteroatoms. The van der Waals surface area contributed by atoms with Crippen LogP contribution in [0.5, 0.6) is 0 Å². The molecule has 0 heterocycles. The average Bonchev–Trinajstić information content (AvgIpc) is 2.49. The van der Waals surface area contributed by atoms with Gasteiger partial charge >= 0.3 is 5.97 Å². The van der Waals surface area contributed by atoms with Crippen LogP contribution < -0.4 is 5.32 Å². The third-order valence-corrected chi connectivity index (χ3v) is 3.46. The zero-order valence-corrected chi connectivity index (χ0v) is 13.1. The fourth-order valence-electron chi connectivity index (χ4n) is 1.95. The Morgan fingerprint density at radius 1 is 1.24 bits per heavy atom. The molecule has 4 nitrogen and oxygen atoms in total. The van der Waals surface area contributed by atoms with Crippen molar-refractivity contribution in [2.45, 2.75) is 45.6 Å². The number of carbonyl (C=O) groups is 1. The van der Waals surface area contributed by atoms with Gasteiger partial charge in [-0.3, -0.25) is 4.79 Å². The van der Waals surface area contributed by atoms with E-state index in [2.05, 4.69) is 12.2 Å². The number of aliphatic carboxylic acids is 1. The molecule has 1 atom stereocenters. The molecule has 0 aliphatic heterocycles. The highest BCUT2D eigenvalue weighted by molar-refractivity contribution is 5.75. The lowest BCUT2D eigenvalue weighted by molar-refractivity contribution is -0.138. The minimum absolute atomic E-state index is 0.452. The van der Waals surface area contributed by atoms with Gasteiger partial charge in [0.15, 0.2) is 0 Å². The number of ether oxygens (including phenoxy) is 1. The molecular formula is C17H27NO3. The van der Waals surface area contributed by atoms with E-state index in [-0.39, 0.29) is 0 Å². The lowest BCUT2D eigenvalue weighted by atomic mass is 10.0. The second-order valence-electron chi connectivity index (χ2n) is 5.30. The van der Waals surface area contributed by atoms with Crippen LogP contribution in [0.15, 0.2) is 24.3 Å². The topological polar surface area (TPSA) is 58.6 Å². The Kier molecular flexibility index (Phi) is 8.71. The highest BCUT2D eigenvalue weighted by atomic mass is 16.5. The number of carboxylic acids is 1. The van der Waals surface area contributed by atoms with Gasteiger partial charge in [0, 0.05) is 19.8 Å². The molecule has 118 valence electrons. The fourth-order valence-corrected chi connectivity index (χ4v) is 1.95. The van der Waals surface area contributed by atoms with Gasteiger partial charge in [0.25, 0.3) is 0 Å². The van der Waals surface area contributed by atoms with E-state index in [9.17, 15) is 4.79 Å². The maximum atomic E-state index is 10.9. The second-order valence-corrected chi connectivity index (χ2v) is 5.30. The largest absolute Gasteiger partial charge is 0.481 e. The highest BCUT2D eigenvalue weighted by Crippen LogP contribution is 2.15. The van der Waals surface area contributed by atoms with E-state index in [1.54, 1.807) is 6.92 Å². The molecule has 0 fully saturated rings. The summed E-state index contributed by atoms with van der Waals surface area (Å²) in [6, 6.07) is 7.76. The maximum Gasteiger partial charge on any atom is 0.310 e. The maximum absolute atomic E-state index is 10.9. The van der Waals surface area contributed by atoms with Crippen molar-refractivity contribution in [1.82, 2.24) is 5.32 Å². The third kappa shape index (κ3) is 7.25. The summed E-state index contributed by atoms with van der Waals surface area (Å²) in [5.41, 5.74) is 2.01. The molecule has 0 saturated carbocycles. The van der Waals surface area contributed by atoms with Crippen LogP contribution in [0.1, 0.15) is 50.2 Å². The molecule has 0 aliphatic rings. The predicted octanol–water partition coefficient (Wildman–Crippen LogP) is 3.17. The second kappa shape index (κ2) is 10.4. The standard InChI is InChI=1S/C17H27NO3/c1-3-4-11-21-12-5-10-18-13-15-6-8-16(9-7-15)14(2)17(19)20/h6-9,14,18H,3-5,10-13H2,1-2H3,(H,19,20). The monoisotopic (exact) mass is 293 g/mol. The highest BCUT2D eigenvalue weighted by Gasteiger charge is 2.12. The molecule has 0 radical (unpaired) electrons. The van der Waals surface area contributed by atoms with Crippen molar-refractivity contribution in [3.05, 3.63) is 35.4 Å². The van der Waals surface area contributed by atoms with Gasteiger partial charge < -0.3 is 15.2 Å². The van der Waals surface area contributed by atoms with Crippen LogP contribution >= 0.6 is 0 Å². The van der Waals surface area contributed by atoms with Gasteiger partial charge in [-0.25, -0.2) is 0 Å². The molecule has 0 amide bonds. The van der Waals surface area contributed by atoms with Crippen LogP contribution in [-0.2, 0) is 16.1 Å². The summed E-state index contributed by atoms with van der Waals surface area (Å²) in [6.45, 7) is 7.26. The number of hydrogen-bond donors (Lipinski definition) is 2. The first-order chi connectivity index (χ1) is 10.1. The summed E-state index contributed by atoms with van der Waals surface area (Å²) in [7, 11) is 0. The molecule has 1 aromatic carbocycles. The van der Waals surface area contributed by atoms with Crippen LogP contribution in [0.3, 0.4) is 0 Å². The lowest BCUT2D eigenvalue weighted by Gasteiger charge is -2.09. The number of rotatable bonds is 11. The van der Waals surface area contributed by atoms with Gasteiger partial charge in [0.05, 0.1) is 5.92 Å². The first-order valence-corrected chi connectivity index (χ1v) is 7.75. The lowest BCUT2D eigenvalue weighted by Crippen LogP contribution is -2.16. The summed E-state index contributed by atoms with van der Waals surface area (Å²) in [4.78, 5) is 10.9. The van der Waals surface area contributed by atoms with Crippen LogP contribution in [0.25, 0.3) is 0 Å². The Hall–Kier alpha value is -1.39. The Morgan fingerprint density at radius 3 is 2.52 bits per heavy atom. The number of carboxylic acid groups (broad SMARTS) is 1.